The summed E-state index contributed by atoms with van der Waals surface area (Å²) < 4.78 is 33.1. The number of benzene rings is 1. The van der Waals surface area contributed by atoms with E-state index in [0.29, 0.717) is 0 Å². The molecule has 5 heteroatoms. The molecule has 0 aliphatic carbocycles. The van der Waals surface area contributed by atoms with E-state index in [-0.39, 0.29) is 9.92 Å². The van der Waals surface area contributed by atoms with Gasteiger partial charge in [-0.2, -0.15) is 0 Å². The summed E-state index contributed by atoms with van der Waals surface area (Å²) in [5.74, 6) is -0.618. The minimum absolute atomic E-state index is 0.0198. The van der Waals surface area contributed by atoms with Crippen molar-refractivity contribution in [3.8, 4) is 0 Å². The molecule has 0 bridgehead atoms. The van der Waals surface area contributed by atoms with Gasteiger partial charge in [0.15, 0.2) is 10.7 Å². The SMILES string of the molecule is O=[SH](=O)c1ccc(F)c(Cl)c1. The van der Waals surface area contributed by atoms with Crippen molar-refractivity contribution in [3.63, 3.8) is 0 Å². The normalized spacial score (nSPS) is 10.5. The molecule has 0 spiro atoms. The van der Waals surface area contributed by atoms with Crippen molar-refractivity contribution in [2.24, 2.45) is 0 Å². The molecule has 0 N–H and O–H groups in total. The molecular weight excluding hydrogens is 191 g/mol. The summed E-state index contributed by atoms with van der Waals surface area (Å²) in [6.07, 6.45) is 0. The largest absolute Gasteiger partial charge is 0.227 e. The Morgan fingerprint density at radius 3 is 2.45 bits per heavy atom. The topological polar surface area (TPSA) is 34.1 Å². The fourth-order valence-corrected chi connectivity index (χ4v) is 1.29. The van der Waals surface area contributed by atoms with Gasteiger partial charge >= 0.3 is 0 Å². The van der Waals surface area contributed by atoms with Gasteiger partial charge in [-0.15, -0.1) is 0 Å². The third-order valence-electron chi connectivity index (χ3n) is 1.11. The van der Waals surface area contributed by atoms with Crippen LogP contribution in [0.25, 0.3) is 0 Å². The summed E-state index contributed by atoms with van der Waals surface area (Å²) >= 11 is 5.32. The van der Waals surface area contributed by atoms with Crippen LogP contribution in [0.1, 0.15) is 0 Å². The quantitative estimate of drug-likeness (QED) is 0.687. The molecule has 1 rings (SSSR count). The molecule has 0 atom stereocenters. The standard InChI is InChI=1S/C6H4ClFO2S/c7-5-3-4(11(9)10)1-2-6(5)8/h1-3,11H. The van der Waals surface area contributed by atoms with Gasteiger partial charge in [0.2, 0.25) is 0 Å². The molecule has 0 fully saturated rings. The van der Waals surface area contributed by atoms with E-state index in [9.17, 15) is 12.8 Å². The van der Waals surface area contributed by atoms with Crippen molar-refractivity contribution in [2.75, 3.05) is 0 Å². The predicted octanol–water partition coefficient (Wildman–Crippen LogP) is 1.45. The molecule has 0 unspecified atom stereocenters. The van der Waals surface area contributed by atoms with E-state index in [0.717, 1.165) is 18.2 Å². The van der Waals surface area contributed by atoms with Gasteiger partial charge in [0.1, 0.15) is 5.82 Å². The van der Waals surface area contributed by atoms with E-state index < -0.39 is 16.5 Å². The number of thiol groups is 1. The lowest BCUT2D eigenvalue weighted by molar-refractivity contribution is 0.612. The van der Waals surface area contributed by atoms with Crippen molar-refractivity contribution >= 4 is 22.3 Å². The molecule has 60 valence electrons. The Labute approximate surface area is 69.6 Å². The molecule has 0 amide bonds. The zero-order valence-corrected chi connectivity index (χ0v) is 6.90. The maximum atomic E-state index is 12.4. The first-order valence-corrected chi connectivity index (χ1v) is 4.26. The molecule has 0 heterocycles. The van der Waals surface area contributed by atoms with E-state index in [1.54, 1.807) is 0 Å². The van der Waals surface area contributed by atoms with Crippen LogP contribution in [0, 0.1) is 5.82 Å². The number of halogens is 2. The first kappa shape index (κ1) is 8.49. The number of hydrogen-bond acceptors (Lipinski definition) is 2. The Morgan fingerprint density at radius 1 is 1.36 bits per heavy atom. The van der Waals surface area contributed by atoms with Crippen LogP contribution in [-0.2, 0) is 10.7 Å². The van der Waals surface area contributed by atoms with Crippen molar-refractivity contribution in [1.29, 1.82) is 0 Å². The monoisotopic (exact) mass is 194 g/mol. The van der Waals surface area contributed by atoms with Gasteiger partial charge in [-0.05, 0) is 18.2 Å². The number of hydrogen-bond donors (Lipinski definition) is 1. The summed E-state index contributed by atoms with van der Waals surface area (Å²) in [5.41, 5.74) is 0. The predicted molar refractivity (Wildman–Crippen MR) is 40.0 cm³/mol. The first-order valence-electron chi connectivity index (χ1n) is 2.70. The van der Waals surface area contributed by atoms with Crippen molar-refractivity contribution in [1.82, 2.24) is 0 Å². The average molecular weight is 195 g/mol. The smallest absolute Gasteiger partial charge is 0.168 e. The molecule has 1 aromatic carbocycles. The van der Waals surface area contributed by atoms with E-state index >= 15 is 0 Å². The lowest BCUT2D eigenvalue weighted by Crippen LogP contribution is -1.82. The van der Waals surface area contributed by atoms with Gasteiger partial charge in [0.25, 0.3) is 0 Å². The molecule has 2 nitrogen and oxygen atoms in total. The molecule has 11 heavy (non-hydrogen) atoms. The average Bonchev–Trinajstić information content (AvgIpc) is 1.94. The van der Waals surface area contributed by atoms with Crippen molar-refractivity contribution in [3.05, 3.63) is 29.0 Å². The van der Waals surface area contributed by atoms with Crippen LogP contribution >= 0.6 is 11.6 Å². The van der Waals surface area contributed by atoms with E-state index in [1.807, 2.05) is 0 Å². The zero-order chi connectivity index (χ0) is 8.43. The third kappa shape index (κ3) is 1.91. The van der Waals surface area contributed by atoms with Gasteiger partial charge in [-0.3, -0.25) is 0 Å². The minimum atomic E-state index is -2.68. The molecule has 0 aromatic heterocycles. The second-order valence-corrected chi connectivity index (χ2v) is 3.29. The van der Waals surface area contributed by atoms with Gasteiger partial charge in [-0.25, -0.2) is 12.8 Å². The van der Waals surface area contributed by atoms with Gasteiger partial charge in [0, 0.05) is 0 Å². The Balaban J connectivity index is 3.26. The molecule has 0 aliphatic rings. The Bertz CT molecular complexity index is 340. The van der Waals surface area contributed by atoms with Gasteiger partial charge in [0.05, 0.1) is 9.92 Å². The summed E-state index contributed by atoms with van der Waals surface area (Å²) in [4.78, 5) is 0.0198. The zero-order valence-electron chi connectivity index (χ0n) is 5.25. The maximum Gasteiger partial charge on any atom is 0.168 e. The minimum Gasteiger partial charge on any atom is -0.227 e. The van der Waals surface area contributed by atoms with Gasteiger partial charge in [-0.1, -0.05) is 11.6 Å². The van der Waals surface area contributed by atoms with Crippen molar-refractivity contribution in [2.45, 2.75) is 4.90 Å². The van der Waals surface area contributed by atoms with Crippen LogP contribution in [0.2, 0.25) is 5.02 Å². The molecular formula is C6H4ClFO2S. The Kier molecular flexibility index (Phi) is 2.46. The second-order valence-electron chi connectivity index (χ2n) is 1.86. The summed E-state index contributed by atoms with van der Waals surface area (Å²) in [6.45, 7) is 0. The summed E-state index contributed by atoms with van der Waals surface area (Å²) in [7, 11) is -2.68. The highest BCUT2D eigenvalue weighted by Gasteiger charge is 2.00. The van der Waals surface area contributed by atoms with Crippen LogP contribution in [-0.4, -0.2) is 8.42 Å². The Morgan fingerprint density at radius 2 is 2.00 bits per heavy atom. The van der Waals surface area contributed by atoms with Crippen molar-refractivity contribution < 1.29 is 12.8 Å². The van der Waals surface area contributed by atoms with Crippen LogP contribution < -0.4 is 0 Å². The van der Waals surface area contributed by atoms with E-state index in [2.05, 4.69) is 0 Å². The van der Waals surface area contributed by atoms with Crippen LogP contribution in [0.3, 0.4) is 0 Å². The highest BCUT2D eigenvalue weighted by Crippen LogP contribution is 2.16. The van der Waals surface area contributed by atoms with Gasteiger partial charge < -0.3 is 0 Å². The first-order chi connectivity index (χ1) is 5.11. The summed E-state index contributed by atoms with van der Waals surface area (Å²) in [6, 6.07) is 3.25. The number of rotatable bonds is 1. The molecule has 1 aromatic rings. The molecule has 0 radical (unpaired) electrons. The summed E-state index contributed by atoms with van der Waals surface area (Å²) in [5, 5.41) is -0.179. The Hall–Kier alpha value is -0.610. The lowest BCUT2D eigenvalue weighted by atomic mass is 10.3. The fraction of sp³-hybridized carbons (Fsp3) is 0. The second kappa shape index (κ2) is 3.19. The van der Waals surface area contributed by atoms with E-state index in [4.69, 9.17) is 11.6 Å². The van der Waals surface area contributed by atoms with Crippen LogP contribution in [0.5, 0.6) is 0 Å². The maximum absolute atomic E-state index is 12.4. The van der Waals surface area contributed by atoms with Crippen LogP contribution in [0.15, 0.2) is 23.1 Å². The van der Waals surface area contributed by atoms with E-state index in [1.165, 1.54) is 0 Å². The lowest BCUT2D eigenvalue weighted by Gasteiger charge is -1.92. The molecule has 0 aliphatic heterocycles. The highest BCUT2D eigenvalue weighted by molar-refractivity contribution is 7.72. The van der Waals surface area contributed by atoms with Crippen LogP contribution in [0.4, 0.5) is 4.39 Å². The highest BCUT2D eigenvalue weighted by atomic mass is 35.5. The molecule has 0 saturated carbocycles. The fourth-order valence-electron chi connectivity index (χ4n) is 0.599. The molecule has 0 saturated heterocycles. The third-order valence-corrected chi connectivity index (χ3v) is 2.10.